The highest BCUT2D eigenvalue weighted by atomic mass is 16.5. The fourth-order valence-corrected chi connectivity index (χ4v) is 3.56. The number of pyridine rings is 1. The van der Waals surface area contributed by atoms with Crippen molar-refractivity contribution in [1.82, 2.24) is 20.5 Å². The lowest BCUT2D eigenvalue weighted by Crippen LogP contribution is -2.48. The first kappa shape index (κ1) is 22.2. The van der Waals surface area contributed by atoms with Gasteiger partial charge in [0.25, 0.3) is 0 Å². The standard InChI is InChI=1S/C22H37N5O/c1-6-11-27-12-8-20(9-13-27)26-22(23-5)25-16-19-7-10-24-21(15-19)28-18(4)14-17(2)3/h6-7,10,15,17-18,20H,1,8-9,11-14,16H2,2-5H3,(H2,23,25,26). The van der Waals surface area contributed by atoms with Gasteiger partial charge in [-0.1, -0.05) is 19.9 Å². The highest BCUT2D eigenvalue weighted by Gasteiger charge is 2.19. The van der Waals surface area contributed by atoms with Gasteiger partial charge in [-0.15, -0.1) is 6.58 Å². The fourth-order valence-electron chi connectivity index (χ4n) is 3.56. The number of rotatable bonds is 9. The molecular weight excluding hydrogens is 350 g/mol. The Balaban J connectivity index is 1.80. The number of nitrogens with zero attached hydrogens (tertiary/aromatic N) is 3. The lowest BCUT2D eigenvalue weighted by molar-refractivity contribution is 0.185. The Morgan fingerprint density at radius 1 is 1.39 bits per heavy atom. The van der Waals surface area contributed by atoms with Crippen molar-refractivity contribution in [3.63, 3.8) is 0 Å². The van der Waals surface area contributed by atoms with E-state index in [-0.39, 0.29) is 6.10 Å². The van der Waals surface area contributed by atoms with Crippen LogP contribution in [-0.2, 0) is 6.54 Å². The minimum Gasteiger partial charge on any atom is -0.475 e. The molecule has 1 aromatic rings. The number of hydrogen-bond donors (Lipinski definition) is 2. The first-order valence-electron chi connectivity index (χ1n) is 10.4. The summed E-state index contributed by atoms with van der Waals surface area (Å²) in [5.41, 5.74) is 1.13. The Labute approximate surface area is 170 Å². The summed E-state index contributed by atoms with van der Waals surface area (Å²) in [4.78, 5) is 11.1. The normalized spacial score (nSPS) is 17.4. The monoisotopic (exact) mass is 387 g/mol. The summed E-state index contributed by atoms with van der Waals surface area (Å²) in [7, 11) is 1.82. The molecule has 1 atom stereocenters. The van der Waals surface area contributed by atoms with Crippen molar-refractivity contribution < 1.29 is 4.74 Å². The number of nitrogens with one attached hydrogen (secondary N) is 2. The van der Waals surface area contributed by atoms with Crippen LogP contribution in [0.2, 0.25) is 0 Å². The molecule has 156 valence electrons. The number of likely N-dealkylation sites (tertiary alicyclic amines) is 1. The number of guanidine groups is 1. The van der Waals surface area contributed by atoms with Crippen molar-refractivity contribution in [1.29, 1.82) is 0 Å². The van der Waals surface area contributed by atoms with Crippen LogP contribution in [0.25, 0.3) is 0 Å². The molecule has 0 saturated carbocycles. The van der Waals surface area contributed by atoms with Crippen LogP contribution in [-0.4, -0.2) is 54.7 Å². The zero-order valence-electron chi connectivity index (χ0n) is 17.9. The third-order valence-electron chi connectivity index (χ3n) is 4.92. The molecule has 1 fully saturated rings. The van der Waals surface area contributed by atoms with Gasteiger partial charge in [0.1, 0.15) is 0 Å². The maximum atomic E-state index is 5.95. The van der Waals surface area contributed by atoms with Crippen LogP contribution in [0, 0.1) is 5.92 Å². The van der Waals surface area contributed by atoms with E-state index in [9.17, 15) is 0 Å². The SMILES string of the molecule is C=CCN1CCC(NC(=NC)NCc2ccnc(OC(C)CC(C)C)c2)CC1. The van der Waals surface area contributed by atoms with E-state index >= 15 is 0 Å². The van der Waals surface area contributed by atoms with Crippen LogP contribution >= 0.6 is 0 Å². The van der Waals surface area contributed by atoms with Crippen molar-refractivity contribution in [3.05, 3.63) is 36.5 Å². The molecule has 1 unspecified atom stereocenters. The average molecular weight is 388 g/mol. The fraction of sp³-hybridized carbons (Fsp3) is 0.636. The number of piperidine rings is 1. The molecule has 0 aromatic carbocycles. The molecule has 0 radical (unpaired) electrons. The van der Waals surface area contributed by atoms with Crippen molar-refractivity contribution in [3.8, 4) is 5.88 Å². The molecular formula is C22H37N5O. The molecule has 0 amide bonds. The summed E-state index contributed by atoms with van der Waals surface area (Å²) in [6, 6.07) is 4.47. The smallest absolute Gasteiger partial charge is 0.213 e. The second-order valence-electron chi connectivity index (χ2n) is 7.99. The molecule has 6 heteroatoms. The van der Waals surface area contributed by atoms with E-state index in [0.29, 0.717) is 24.4 Å². The first-order chi connectivity index (χ1) is 13.5. The molecule has 0 aliphatic carbocycles. The van der Waals surface area contributed by atoms with Gasteiger partial charge in [0, 0.05) is 51.5 Å². The van der Waals surface area contributed by atoms with Gasteiger partial charge in [0.15, 0.2) is 5.96 Å². The predicted molar refractivity (Wildman–Crippen MR) is 117 cm³/mol. The molecule has 1 aliphatic rings. The quantitative estimate of drug-likeness (QED) is 0.387. The summed E-state index contributed by atoms with van der Waals surface area (Å²) in [6.07, 6.45) is 7.21. The van der Waals surface area contributed by atoms with Crippen LogP contribution in [0.1, 0.15) is 45.6 Å². The van der Waals surface area contributed by atoms with Crippen molar-refractivity contribution >= 4 is 5.96 Å². The van der Waals surface area contributed by atoms with E-state index in [2.05, 4.69) is 52.9 Å². The number of aromatic nitrogens is 1. The van der Waals surface area contributed by atoms with Crippen LogP contribution < -0.4 is 15.4 Å². The Bertz CT molecular complexity index is 623. The van der Waals surface area contributed by atoms with Crippen molar-refractivity contribution in [2.45, 2.75) is 58.7 Å². The molecule has 28 heavy (non-hydrogen) atoms. The highest BCUT2D eigenvalue weighted by molar-refractivity contribution is 5.79. The molecule has 2 rings (SSSR count). The minimum atomic E-state index is 0.164. The van der Waals surface area contributed by atoms with E-state index < -0.39 is 0 Å². The third kappa shape index (κ3) is 7.89. The van der Waals surface area contributed by atoms with Gasteiger partial charge < -0.3 is 15.4 Å². The Morgan fingerprint density at radius 3 is 2.79 bits per heavy atom. The van der Waals surface area contributed by atoms with Crippen LogP contribution in [0.3, 0.4) is 0 Å². The van der Waals surface area contributed by atoms with Gasteiger partial charge in [0.2, 0.25) is 5.88 Å². The maximum Gasteiger partial charge on any atom is 0.213 e. The first-order valence-corrected chi connectivity index (χ1v) is 10.4. The van der Waals surface area contributed by atoms with Crippen molar-refractivity contribution in [2.24, 2.45) is 10.9 Å². The molecule has 1 aliphatic heterocycles. The summed E-state index contributed by atoms with van der Waals surface area (Å²) in [6.45, 7) is 14.2. The summed E-state index contributed by atoms with van der Waals surface area (Å²) in [5, 5.41) is 6.95. The molecule has 0 bridgehead atoms. The van der Waals surface area contributed by atoms with E-state index in [1.54, 1.807) is 6.20 Å². The largest absolute Gasteiger partial charge is 0.475 e. The molecule has 2 heterocycles. The molecule has 0 spiro atoms. The number of ether oxygens (including phenoxy) is 1. The van der Waals surface area contributed by atoms with Gasteiger partial charge in [-0.25, -0.2) is 4.98 Å². The average Bonchev–Trinajstić information content (AvgIpc) is 2.66. The second-order valence-corrected chi connectivity index (χ2v) is 7.99. The van der Waals surface area contributed by atoms with E-state index in [1.165, 1.54) is 0 Å². The third-order valence-corrected chi connectivity index (χ3v) is 4.92. The lowest BCUT2D eigenvalue weighted by Gasteiger charge is -2.32. The molecule has 6 nitrogen and oxygen atoms in total. The Kier molecular flexibility index (Phi) is 9.28. The predicted octanol–water partition coefficient (Wildman–Crippen LogP) is 3.21. The molecule has 2 N–H and O–H groups in total. The summed E-state index contributed by atoms with van der Waals surface area (Å²) >= 11 is 0. The molecule has 1 aromatic heterocycles. The van der Waals surface area contributed by atoms with Crippen LogP contribution in [0.15, 0.2) is 36.0 Å². The van der Waals surface area contributed by atoms with Crippen LogP contribution in [0.4, 0.5) is 0 Å². The second kappa shape index (κ2) is 11.7. The van der Waals surface area contributed by atoms with Crippen LogP contribution in [0.5, 0.6) is 5.88 Å². The number of hydrogen-bond acceptors (Lipinski definition) is 4. The lowest BCUT2D eigenvalue weighted by atomic mass is 10.1. The zero-order valence-corrected chi connectivity index (χ0v) is 17.9. The van der Waals surface area contributed by atoms with Gasteiger partial charge >= 0.3 is 0 Å². The summed E-state index contributed by atoms with van der Waals surface area (Å²) < 4.78 is 5.95. The summed E-state index contributed by atoms with van der Waals surface area (Å²) in [5.74, 6) is 2.14. The van der Waals surface area contributed by atoms with Gasteiger partial charge in [0.05, 0.1) is 6.10 Å². The highest BCUT2D eigenvalue weighted by Crippen LogP contribution is 2.15. The van der Waals surface area contributed by atoms with E-state index in [1.807, 2.05) is 25.3 Å². The Hall–Kier alpha value is -2.08. The van der Waals surface area contributed by atoms with E-state index in [4.69, 9.17) is 4.74 Å². The zero-order chi connectivity index (χ0) is 20.4. The topological polar surface area (TPSA) is 61.8 Å². The van der Waals surface area contributed by atoms with E-state index in [0.717, 1.165) is 50.4 Å². The van der Waals surface area contributed by atoms with Gasteiger partial charge in [-0.3, -0.25) is 9.89 Å². The Morgan fingerprint density at radius 2 is 2.14 bits per heavy atom. The van der Waals surface area contributed by atoms with Crippen molar-refractivity contribution in [2.75, 3.05) is 26.7 Å². The minimum absolute atomic E-state index is 0.164. The maximum absolute atomic E-state index is 5.95. The van der Waals surface area contributed by atoms with Gasteiger partial charge in [-0.05, 0) is 43.7 Å². The molecule has 1 saturated heterocycles. The number of aliphatic imine (C=N–C) groups is 1. The van der Waals surface area contributed by atoms with Gasteiger partial charge in [-0.2, -0.15) is 0 Å².